The zero-order valence-electron chi connectivity index (χ0n) is 11.4. The van der Waals surface area contributed by atoms with Gasteiger partial charge in [0.25, 0.3) is 0 Å². The van der Waals surface area contributed by atoms with Crippen LogP contribution in [0.5, 0.6) is 0 Å². The van der Waals surface area contributed by atoms with Gasteiger partial charge in [0, 0.05) is 6.20 Å². The quantitative estimate of drug-likeness (QED) is 0.864. The maximum absolute atomic E-state index is 10.3. The minimum atomic E-state index is -0.247. The minimum absolute atomic E-state index is 0.247. The smallest absolute Gasteiger partial charge is 0.123 e. The van der Waals surface area contributed by atoms with Crippen LogP contribution in [0.4, 0.5) is 5.82 Å². The molecule has 0 spiro atoms. The van der Waals surface area contributed by atoms with Crippen LogP contribution in [0.15, 0.2) is 18.3 Å². The van der Waals surface area contributed by atoms with Crippen molar-refractivity contribution in [3.63, 3.8) is 0 Å². The monoisotopic (exact) mass is 248 g/mol. The average molecular weight is 248 g/mol. The van der Waals surface area contributed by atoms with Crippen molar-refractivity contribution in [2.75, 3.05) is 5.73 Å². The van der Waals surface area contributed by atoms with Crippen LogP contribution in [0.2, 0.25) is 0 Å². The van der Waals surface area contributed by atoms with E-state index in [0.29, 0.717) is 23.6 Å². The van der Waals surface area contributed by atoms with Crippen molar-refractivity contribution in [2.45, 2.75) is 52.1 Å². The Balaban J connectivity index is 1.91. The Bertz CT molecular complexity index is 393. The number of nitrogens with two attached hydrogens (primary N) is 1. The number of hydrogen-bond donors (Lipinski definition) is 2. The van der Waals surface area contributed by atoms with Gasteiger partial charge in [-0.3, -0.25) is 0 Å². The fourth-order valence-electron chi connectivity index (χ4n) is 2.84. The Hall–Kier alpha value is -1.09. The molecule has 1 aromatic heterocycles. The molecule has 100 valence electrons. The van der Waals surface area contributed by atoms with E-state index in [0.717, 1.165) is 18.4 Å². The molecule has 0 saturated heterocycles. The van der Waals surface area contributed by atoms with E-state index in [1.807, 2.05) is 12.1 Å². The molecule has 3 heteroatoms. The van der Waals surface area contributed by atoms with Gasteiger partial charge < -0.3 is 10.8 Å². The molecule has 3 N–H and O–H groups in total. The van der Waals surface area contributed by atoms with Gasteiger partial charge in [0.2, 0.25) is 0 Å². The van der Waals surface area contributed by atoms with Crippen molar-refractivity contribution in [3.8, 4) is 0 Å². The number of hydrogen-bond acceptors (Lipinski definition) is 3. The summed E-state index contributed by atoms with van der Waals surface area (Å²) < 4.78 is 0. The van der Waals surface area contributed by atoms with E-state index in [2.05, 4.69) is 18.8 Å². The van der Waals surface area contributed by atoms with Crippen LogP contribution in [0, 0.1) is 11.3 Å². The highest BCUT2D eigenvalue weighted by Gasteiger charge is 2.30. The third-order valence-electron chi connectivity index (χ3n) is 4.22. The molecular weight excluding hydrogens is 224 g/mol. The van der Waals surface area contributed by atoms with Crippen LogP contribution in [0.25, 0.3) is 0 Å². The van der Waals surface area contributed by atoms with E-state index in [9.17, 15) is 5.11 Å². The van der Waals surface area contributed by atoms with Gasteiger partial charge in [0.1, 0.15) is 5.82 Å². The first kappa shape index (κ1) is 13.3. The molecule has 1 unspecified atom stereocenters. The highest BCUT2D eigenvalue weighted by Crippen LogP contribution is 2.39. The molecule has 1 aliphatic carbocycles. The number of anilines is 1. The summed E-state index contributed by atoms with van der Waals surface area (Å²) in [6.07, 6.45) is 6.85. The maximum Gasteiger partial charge on any atom is 0.123 e. The van der Waals surface area contributed by atoms with Gasteiger partial charge in [-0.2, -0.15) is 0 Å². The first-order valence-corrected chi connectivity index (χ1v) is 6.85. The number of pyridine rings is 1. The highest BCUT2D eigenvalue weighted by atomic mass is 16.3. The summed E-state index contributed by atoms with van der Waals surface area (Å²) in [7, 11) is 0. The normalized spacial score (nSPS) is 21.7. The molecule has 1 saturated carbocycles. The molecule has 0 amide bonds. The van der Waals surface area contributed by atoms with E-state index in [1.165, 1.54) is 12.8 Å². The summed E-state index contributed by atoms with van der Waals surface area (Å²) in [5.41, 5.74) is 7.19. The summed E-state index contributed by atoms with van der Waals surface area (Å²) in [5, 5.41) is 10.3. The van der Waals surface area contributed by atoms with Crippen LogP contribution < -0.4 is 5.73 Å². The summed E-state index contributed by atoms with van der Waals surface area (Å²) in [4.78, 5) is 3.97. The number of aliphatic hydroxyl groups excluding tert-OH is 1. The lowest BCUT2D eigenvalue weighted by molar-refractivity contribution is 0.0576. The van der Waals surface area contributed by atoms with Crippen LogP contribution in [-0.2, 0) is 6.42 Å². The SMILES string of the molecule is CC1(C)CCC(C(O)Cc2ccnc(N)c2)CC1. The predicted octanol–water partition coefficient (Wildman–Crippen LogP) is 2.78. The molecule has 0 aliphatic heterocycles. The molecule has 0 aromatic carbocycles. The fraction of sp³-hybridized carbons (Fsp3) is 0.667. The average Bonchev–Trinajstić information content (AvgIpc) is 2.28. The van der Waals surface area contributed by atoms with Gasteiger partial charge in [-0.15, -0.1) is 0 Å². The van der Waals surface area contributed by atoms with Crippen molar-refractivity contribution in [3.05, 3.63) is 23.9 Å². The Morgan fingerprint density at radius 3 is 2.72 bits per heavy atom. The van der Waals surface area contributed by atoms with E-state index in [-0.39, 0.29) is 6.10 Å². The molecule has 1 atom stereocenters. The molecule has 1 fully saturated rings. The van der Waals surface area contributed by atoms with Gasteiger partial charge >= 0.3 is 0 Å². The molecule has 1 aliphatic rings. The number of nitrogen functional groups attached to an aromatic ring is 1. The lowest BCUT2D eigenvalue weighted by atomic mass is 9.71. The minimum Gasteiger partial charge on any atom is -0.392 e. The number of aromatic nitrogens is 1. The first-order chi connectivity index (χ1) is 8.46. The number of rotatable bonds is 3. The Labute approximate surface area is 109 Å². The summed E-state index contributed by atoms with van der Waals surface area (Å²) in [5.74, 6) is 0.969. The molecule has 1 aromatic rings. The van der Waals surface area contributed by atoms with Gasteiger partial charge in [0.05, 0.1) is 6.10 Å². The Morgan fingerprint density at radius 2 is 2.11 bits per heavy atom. The maximum atomic E-state index is 10.3. The molecule has 3 nitrogen and oxygen atoms in total. The van der Waals surface area contributed by atoms with Crippen LogP contribution in [-0.4, -0.2) is 16.2 Å². The third-order valence-corrected chi connectivity index (χ3v) is 4.22. The third kappa shape index (κ3) is 3.45. The van der Waals surface area contributed by atoms with Gasteiger partial charge in [-0.1, -0.05) is 13.8 Å². The van der Waals surface area contributed by atoms with Gasteiger partial charge in [-0.05, 0) is 61.1 Å². The Kier molecular flexibility index (Phi) is 3.91. The lowest BCUT2D eigenvalue weighted by Gasteiger charge is -2.36. The second kappa shape index (κ2) is 5.27. The van der Waals surface area contributed by atoms with Crippen molar-refractivity contribution < 1.29 is 5.11 Å². The zero-order valence-corrected chi connectivity index (χ0v) is 11.4. The topological polar surface area (TPSA) is 59.1 Å². The van der Waals surface area contributed by atoms with Crippen LogP contribution in [0.1, 0.15) is 45.1 Å². The zero-order chi connectivity index (χ0) is 13.2. The largest absolute Gasteiger partial charge is 0.392 e. The van der Waals surface area contributed by atoms with E-state index >= 15 is 0 Å². The standard InChI is InChI=1S/C15H24N2O/c1-15(2)6-3-12(4-7-15)13(18)9-11-5-8-17-14(16)10-11/h5,8,10,12-13,18H,3-4,6-7,9H2,1-2H3,(H2,16,17). The first-order valence-electron chi connectivity index (χ1n) is 6.85. The lowest BCUT2D eigenvalue weighted by Crippen LogP contribution is -2.30. The molecule has 2 rings (SSSR count). The van der Waals surface area contributed by atoms with Gasteiger partial charge in [-0.25, -0.2) is 4.98 Å². The van der Waals surface area contributed by atoms with Crippen LogP contribution in [0.3, 0.4) is 0 Å². The fourth-order valence-corrected chi connectivity index (χ4v) is 2.84. The van der Waals surface area contributed by atoms with E-state index in [1.54, 1.807) is 6.20 Å². The Morgan fingerprint density at radius 1 is 1.44 bits per heavy atom. The predicted molar refractivity (Wildman–Crippen MR) is 74.1 cm³/mol. The highest BCUT2D eigenvalue weighted by molar-refractivity contribution is 5.32. The van der Waals surface area contributed by atoms with E-state index < -0.39 is 0 Å². The second-order valence-corrected chi connectivity index (χ2v) is 6.36. The molecule has 0 bridgehead atoms. The molecule has 18 heavy (non-hydrogen) atoms. The number of aliphatic hydroxyl groups is 1. The van der Waals surface area contributed by atoms with Crippen molar-refractivity contribution in [1.82, 2.24) is 4.98 Å². The molecule has 1 heterocycles. The second-order valence-electron chi connectivity index (χ2n) is 6.36. The van der Waals surface area contributed by atoms with Crippen LogP contribution >= 0.6 is 0 Å². The van der Waals surface area contributed by atoms with Crippen molar-refractivity contribution in [2.24, 2.45) is 11.3 Å². The number of nitrogens with zero attached hydrogens (tertiary/aromatic N) is 1. The summed E-state index contributed by atoms with van der Waals surface area (Å²) >= 11 is 0. The summed E-state index contributed by atoms with van der Waals surface area (Å²) in [6, 6.07) is 3.79. The summed E-state index contributed by atoms with van der Waals surface area (Å²) in [6.45, 7) is 4.64. The van der Waals surface area contributed by atoms with Gasteiger partial charge in [0.15, 0.2) is 0 Å². The molecular formula is C15H24N2O. The molecule has 0 radical (unpaired) electrons. The van der Waals surface area contributed by atoms with E-state index in [4.69, 9.17) is 5.73 Å². The van der Waals surface area contributed by atoms with Crippen molar-refractivity contribution >= 4 is 5.82 Å². The van der Waals surface area contributed by atoms with Crippen molar-refractivity contribution in [1.29, 1.82) is 0 Å².